The van der Waals surface area contributed by atoms with Crippen molar-refractivity contribution in [3.63, 3.8) is 0 Å². The predicted molar refractivity (Wildman–Crippen MR) is 146 cm³/mol. The molecule has 1 heteroatoms. The van der Waals surface area contributed by atoms with Gasteiger partial charge in [-0.3, -0.25) is 0 Å². The molecule has 0 saturated heterocycles. The molecule has 156 valence electrons. The number of hydrogen-bond acceptors (Lipinski definition) is 0. The zero-order valence-electron chi connectivity index (χ0n) is 18.2. The number of fused-ring (bicyclic) bond motifs is 2. The normalized spacial score (nSPS) is 11.3. The lowest BCUT2D eigenvalue weighted by molar-refractivity contribution is 1.69. The van der Waals surface area contributed by atoms with Crippen molar-refractivity contribution < 1.29 is 0 Å². The smallest absolute Gasteiger partial charge is 0.00724 e. The van der Waals surface area contributed by atoms with E-state index in [1.807, 2.05) is 0 Å². The van der Waals surface area contributed by atoms with E-state index in [2.05, 4.69) is 140 Å². The molecule has 0 unspecified atom stereocenters. The minimum atomic E-state index is -0.662. The van der Waals surface area contributed by atoms with Gasteiger partial charge < -0.3 is 0 Å². The van der Waals surface area contributed by atoms with Crippen LogP contribution < -0.4 is 15.9 Å². The van der Waals surface area contributed by atoms with Crippen LogP contribution in [0.2, 0.25) is 0 Å². The second kappa shape index (κ2) is 8.66. The molecule has 0 aliphatic carbocycles. The Kier molecular flexibility index (Phi) is 5.23. The molecule has 6 aromatic carbocycles. The summed E-state index contributed by atoms with van der Waals surface area (Å²) < 4.78 is 0. The Morgan fingerprint density at radius 2 is 0.818 bits per heavy atom. The van der Waals surface area contributed by atoms with Crippen molar-refractivity contribution >= 4 is 45.4 Å². The van der Waals surface area contributed by atoms with E-state index in [0.29, 0.717) is 0 Å². The Balaban J connectivity index is 1.62. The maximum atomic E-state index is 2.32. The van der Waals surface area contributed by atoms with Gasteiger partial charge in [-0.25, -0.2) is 0 Å². The molecule has 0 amide bonds. The van der Waals surface area contributed by atoms with Gasteiger partial charge in [0.2, 0.25) is 0 Å². The van der Waals surface area contributed by atoms with Crippen molar-refractivity contribution in [1.82, 2.24) is 0 Å². The Hall–Kier alpha value is -3.73. The predicted octanol–water partition coefficient (Wildman–Crippen LogP) is 7.42. The van der Waals surface area contributed by atoms with E-state index < -0.39 is 7.92 Å². The Labute approximate surface area is 195 Å². The zero-order chi connectivity index (χ0) is 22.0. The van der Waals surface area contributed by atoms with Gasteiger partial charge in [0.25, 0.3) is 0 Å². The quantitative estimate of drug-likeness (QED) is 0.251. The van der Waals surface area contributed by atoms with E-state index in [1.54, 1.807) is 0 Å². The van der Waals surface area contributed by atoms with Crippen LogP contribution in [0.1, 0.15) is 0 Å². The average molecular weight is 439 g/mol. The van der Waals surface area contributed by atoms with E-state index in [4.69, 9.17) is 0 Å². The van der Waals surface area contributed by atoms with Crippen molar-refractivity contribution in [2.45, 2.75) is 0 Å². The second-order valence-electron chi connectivity index (χ2n) is 8.21. The molecular formula is C32H23P. The lowest BCUT2D eigenvalue weighted by atomic mass is 9.94. The first-order valence-electron chi connectivity index (χ1n) is 11.3. The summed E-state index contributed by atoms with van der Waals surface area (Å²) in [4.78, 5) is 0. The van der Waals surface area contributed by atoms with Gasteiger partial charge in [0, 0.05) is 0 Å². The van der Waals surface area contributed by atoms with Crippen LogP contribution in [0, 0.1) is 0 Å². The van der Waals surface area contributed by atoms with Gasteiger partial charge in [-0.1, -0.05) is 140 Å². The molecule has 0 aromatic heterocycles. The molecule has 0 aliphatic heterocycles. The second-order valence-corrected chi connectivity index (χ2v) is 10.4. The van der Waals surface area contributed by atoms with E-state index in [0.717, 1.165) is 0 Å². The lowest BCUT2D eigenvalue weighted by Gasteiger charge is -2.22. The highest BCUT2D eigenvalue weighted by molar-refractivity contribution is 7.80. The van der Waals surface area contributed by atoms with E-state index in [-0.39, 0.29) is 0 Å². The van der Waals surface area contributed by atoms with E-state index in [9.17, 15) is 0 Å². The van der Waals surface area contributed by atoms with Crippen LogP contribution in [0.5, 0.6) is 0 Å². The first-order chi connectivity index (χ1) is 16.4. The molecular weight excluding hydrogens is 415 g/mol. The maximum absolute atomic E-state index is 2.32. The molecule has 0 radical (unpaired) electrons. The summed E-state index contributed by atoms with van der Waals surface area (Å²) >= 11 is 0. The SMILES string of the molecule is c1ccc(P(c2ccccc2)c2cccc3c(-c4cccc5ccccc45)cccc23)cc1. The molecule has 33 heavy (non-hydrogen) atoms. The Bertz CT molecular complexity index is 1510. The van der Waals surface area contributed by atoms with Crippen molar-refractivity contribution in [1.29, 1.82) is 0 Å². The third kappa shape index (κ3) is 3.63. The number of rotatable bonds is 4. The van der Waals surface area contributed by atoms with Gasteiger partial charge >= 0.3 is 0 Å². The summed E-state index contributed by atoms with van der Waals surface area (Å²) in [6.07, 6.45) is 0. The first-order valence-corrected chi connectivity index (χ1v) is 12.6. The van der Waals surface area contributed by atoms with Gasteiger partial charge in [-0.05, 0) is 56.5 Å². The molecule has 0 heterocycles. The third-order valence-electron chi connectivity index (χ3n) is 6.25. The first kappa shape index (κ1) is 19.9. The van der Waals surface area contributed by atoms with Gasteiger partial charge in [0.05, 0.1) is 0 Å². The molecule has 0 spiro atoms. The van der Waals surface area contributed by atoms with Gasteiger partial charge in [0.1, 0.15) is 0 Å². The van der Waals surface area contributed by atoms with Crippen molar-refractivity contribution in [3.05, 3.63) is 140 Å². The average Bonchev–Trinajstić information content (AvgIpc) is 2.90. The van der Waals surface area contributed by atoms with Crippen molar-refractivity contribution in [2.24, 2.45) is 0 Å². The van der Waals surface area contributed by atoms with E-state index in [1.165, 1.54) is 48.6 Å². The summed E-state index contributed by atoms with van der Waals surface area (Å²) in [5, 5.41) is 9.38. The Morgan fingerprint density at radius 1 is 0.333 bits per heavy atom. The van der Waals surface area contributed by atoms with E-state index >= 15 is 0 Å². The third-order valence-corrected chi connectivity index (χ3v) is 8.75. The van der Waals surface area contributed by atoms with Gasteiger partial charge in [-0.15, -0.1) is 0 Å². The molecule has 0 aliphatic rings. The molecule has 0 atom stereocenters. The summed E-state index contributed by atoms with van der Waals surface area (Å²) in [6, 6.07) is 50.8. The standard InChI is InChI=1S/C32H23P/c1-3-14-25(15-4-1)33(26-16-5-2-6-17-26)32-23-11-21-30-29(20-10-22-31(30)32)28-19-9-13-24-12-7-8-18-27(24)28/h1-23H. The molecule has 6 rings (SSSR count). The summed E-state index contributed by atoms with van der Waals surface area (Å²) in [5.74, 6) is 0. The molecule has 0 nitrogen and oxygen atoms in total. The molecule has 0 saturated carbocycles. The Morgan fingerprint density at radius 3 is 1.55 bits per heavy atom. The largest absolute Gasteiger partial charge is 0.0622 e. The van der Waals surface area contributed by atoms with Crippen LogP contribution in [-0.4, -0.2) is 0 Å². The van der Waals surface area contributed by atoms with Gasteiger partial charge in [0.15, 0.2) is 0 Å². The van der Waals surface area contributed by atoms with Gasteiger partial charge in [-0.2, -0.15) is 0 Å². The van der Waals surface area contributed by atoms with Crippen molar-refractivity contribution in [2.75, 3.05) is 0 Å². The molecule has 6 aromatic rings. The number of hydrogen-bond donors (Lipinski definition) is 0. The molecule has 0 fully saturated rings. The highest BCUT2D eigenvalue weighted by Crippen LogP contribution is 2.39. The summed E-state index contributed by atoms with van der Waals surface area (Å²) in [7, 11) is -0.662. The zero-order valence-corrected chi connectivity index (χ0v) is 19.1. The lowest BCUT2D eigenvalue weighted by Crippen LogP contribution is -2.21. The van der Waals surface area contributed by atoms with Crippen LogP contribution in [0.3, 0.4) is 0 Å². The highest BCUT2D eigenvalue weighted by atomic mass is 31.1. The minimum absolute atomic E-state index is 0.662. The highest BCUT2D eigenvalue weighted by Gasteiger charge is 2.19. The van der Waals surface area contributed by atoms with Crippen molar-refractivity contribution in [3.8, 4) is 11.1 Å². The molecule has 0 N–H and O–H groups in total. The van der Waals surface area contributed by atoms with Crippen LogP contribution in [0.25, 0.3) is 32.7 Å². The topological polar surface area (TPSA) is 0 Å². The summed E-state index contributed by atoms with van der Waals surface area (Å²) in [5.41, 5.74) is 2.59. The monoisotopic (exact) mass is 438 g/mol. The van der Waals surface area contributed by atoms with Crippen LogP contribution in [-0.2, 0) is 0 Å². The fourth-order valence-electron chi connectivity index (χ4n) is 4.76. The fraction of sp³-hybridized carbons (Fsp3) is 0. The number of benzene rings is 6. The summed E-state index contributed by atoms with van der Waals surface area (Å²) in [6.45, 7) is 0. The molecule has 0 bridgehead atoms. The fourth-order valence-corrected chi connectivity index (χ4v) is 7.23. The minimum Gasteiger partial charge on any atom is -0.0622 e. The van der Waals surface area contributed by atoms with Crippen LogP contribution in [0.15, 0.2) is 140 Å². The van der Waals surface area contributed by atoms with Crippen LogP contribution >= 0.6 is 7.92 Å². The maximum Gasteiger partial charge on any atom is -0.00724 e. The van der Waals surface area contributed by atoms with Crippen LogP contribution in [0.4, 0.5) is 0 Å².